The van der Waals surface area contributed by atoms with Crippen LogP contribution >= 0.6 is 11.6 Å². The minimum Gasteiger partial charge on any atom is -0.375 e. The molecule has 0 radical (unpaired) electrons. The molecule has 4 rings (SSSR count). The molecule has 29 heavy (non-hydrogen) atoms. The molecular weight excluding hydrogens is 388 g/mol. The Kier molecular flexibility index (Phi) is 4.94. The monoisotopic (exact) mass is 406 g/mol. The lowest BCUT2D eigenvalue weighted by Gasteiger charge is -2.22. The van der Waals surface area contributed by atoms with Crippen molar-refractivity contribution < 1.29 is 14.7 Å². The molecule has 1 aliphatic rings. The maximum absolute atomic E-state index is 13.3. The summed E-state index contributed by atoms with van der Waals surface area (Å²) in [5.41, 5.74) is 1.15. The van der Waals surface area contributed by atoms with E-state index >= 15 is 0 Å². The predicted octanol–water partition coefficient (Wildman–Crippen LogP) is 4.05. The van der Waals surface area contributed by atoms with E-state index in [0.717, 1.165) is 11.1 Å². The number of amides is 1. The van der Waals surface area contributed by atoms with E-state index in [-0.39, 0.29) is 12.2 Å². The second-order valence-corrected chi connectivity index (χ2v) is 7.65. The third-order valence-corrected chi connectivity index (χ3v) is 5.36. The summed E-state index contributed by atoms with van der Waals surface area (Å²) >= 11 is 6.14. The lowest BCUT2D eigenvalue weighted by atomic mass is 9.89. The summed E-state index contributed by atoms with van der Waals surface area (Å²) in [5.74, 6) is -0.954. The molecule has 2 heterocycles. The van der Waals surface area contributed by atoms with Crippen molar-refractivity contribution in [2.24, 2.45) is 0 Å². The molecule has 0 bridgehead atoms. The number of nitrogens with zero attached hydrogens (tertiary/aromatic N) is 2. The van der Waals surface area contributed by atoms with Crippen LogP contribution < -0.4 is 4.90 Å². The Morgan fingerprint density at radius 3 is 2.59 bits per heavy atom. The van der Waals surface area contributed by atoms with Gasteiger partial charge in [-0.05, 0) is 42.8 Å². The lowest BCUT2D eigenvalue weighted by Crippen LogP contribution is -2.41. The first-order chi connectivity index (χ1) is 13.9. The molecular formula is C23H19ClN2O3. The van der Waals surface area contributed by atoms with Gasteiger partial charge in [0.15, 0.2) is 11.4 Å². The number of pyridine rings is 1. The molecule has 2 aromatic carbocycles. The van der Waals surface area contributed by atoms with E-state index in [1.54, 1.807) is 36.4 Å². The van der Waals surface area contributed by atoms with Gasteiger partial charge in [0.2, 0.25) is 0 Å². The molecule has 1 N–H and O–H groups in total. The van der Waals surface area contributed by atoms with Gasteiger partial charge in [-0.15, -0.1) is 0 Å². The van der Waals surface area contributed by atoms with Crippen LogP contribution in [-0.2, 0) is 16.9 Å². The third kappa shape index (κ3) is 3.55. The van der Waals surface area contributed by atoms with E-state index < -0.39 is 23.7 Å². The standard InChI is InChI=1S/C23H19ClN2O3/c1-15-5-7-16(8-6-15)14-26-20-10-9-17(24)12-18(20)23(29,22(26)28)13-21(27)19-4-2-3-11-25-19/h2-12,29H,13-14H2,1H3/t23-/m0/s1. The topological polar surface area (TPSA) is 70.5 Å². The molecule has 5 nitrogen and oxygen atoms in total. The maximum atomic E-state index is 13.3. The molecule has 0 fully saturated rings. The Balaban J connectivity index is 1.71. The van der Waals surface area contributed by atoms with Gasteiger partial charge >= 0.3 is 0 Å². The predicted molar refractivity (Wildman–Crippen MR) is 111 cm³/mol. The van der Waals surface area contributed by atoms with Crippen LogP contribution in [0.2, 0.25) is 5.02 Å². The summed E-state index contributed by atoms with van der Waals surface area (Å²) in [6.07, 6.45) is 1.10. The quantitative estimate of drug-likeness (QED) is 0.649. The van der Waals surface area contributed by atoms with E-state index in [2.05, 4.69) is 4.98 Å². The zero-order chi connectivity index (χ0) is 20.6. The summed E-state index contributed by atoms with van der Waals surface area (Å²) in [6.45, 7) is 2.28. The molecule has 6 heteroatoms. The van der Waals surface area contributed by atoms with E-state index in [1.165, 1.54) is 11.1 Å². The summed E-state index contributed by atoms with van der Waals surface area (Å²) in [4.78, 5) is 31.6. The number of carbonyl (C=O) groups excluding carboxylic acids is 2. The highest BCUT2D eigenvalue weighted by Gasteiger charge is 2.51. The van der Waals surface area contributed by atoms with Crippen LogP contribution in [-0.4, -0.2) is 21.8 Å². The van der Waals surface area contributed by atoms with Crippen LogP contribution in [0.3, 0.4) is 0 Å². The van der Waals surface area contributed by atoms with E-state index in [4.69, 9.17) is 11.6 Å². The van der Waals surface area contributed by atoms with Gasteiger partial charge in [0.25, 0.3) is 5.91 Å². The maximum Gasteiger partial charge on any atom is 0.264 e. The third-order valence-electron chi connectivity index (χ3n) is 5.12. The highest BCUT2D eigenvalue weighted by Crippen LogP contribution is 2.44. The fraction of sp³-hybridized carbons (Fsp3) is 0.174. The normalized spacial score (nSPS) is 18.0. The van der Waals surface area contributed by atoms with Crippen molar-refractivity contribution in [2.75, 3.05) is 4.90 Å². The largest absolute Gasteiger partial charge is 0.375 e. The fourth-order valence-electron chi connectivity index (χ4n) is 3.58. The zero-order valence-electron chi connectivity index (χ0n) is 15.8. The molecule has 1 aromatic heterocycles. The molecule has 0 saturated carbocycles. The van der Waals surface area contributed by atoms with Crippen molar-refractivity contribution >= 4 is 29.0 Å². The van der Waals surface area contributed by atoms with Crippen molar-refractivity contribution in [3.05, 3.63) is 94.3 Å². The van der Waals surface area contributed by atoms with Crippen LogP contribution in [0.4, 0.5) is 5.69 Å². The Morgan fingerprint density at radius 1 is 1.14 bits per heavy atom. The van der Waals surface area contributed by atoms with Crippen molar-refractivity contribution in [3.63, 3.8) is 0 Å². The van der Waals surface area contributed by atoms with Gasteiger partial charge < -0.3 is 10.0 Å². The summed E-state index contributed by atoms with van der Waals surface area (Å²) in [6, 6.07) is 17.7. The van der Waals surface area contributed by atoms with Crippen LogP contribution in [0.15, 0.2) is 66.9 Å². The summed E-state index contributed by atoms with van der Waals surface area (Å²) < 4.78 is 0. The van der Waals surface area contributed by atoms with Gasteiger partial charge in [0, 0.05) is 16.8 Å². The first-order valence-corrected chi connectivity index (χ1v) is 9.60. The number of hydrogen-bond donors (Lipinski definition) is 1. The van der Waals surface area contributed by atoms with Crippen molar-refractivity contribution in [2.45, 2.75) is 25.5 Å². The average Bonchev–Trinajstić information content (AvgIpc) is 2.92. The van der Waals surface area contributed by atoms with Gasteiger partial charge in [-0.2, -0.15) is 0 Å². The van der Waals surface area contributed by atoms with Crippen molar-refractivity contribution in [1.29, 1.82) is 0 Å². The lowest BCUT2D eigenvalue weighted by molar-refractivity contribution is -0.136. The number of aryl methyl sites for hydroxylation is 1. The number of Topliss-reactive ketones (excluding diaryl/α,β-unsaturated/α-hetero) is 1. The van der Waals surface area contributed by atoms with Crippen LogP contribution in [0.5, 0.6) is 0 Å². The number of fused-ring (bicyclic) bond motifs is 1. The minimum atomic E-state index is -1.99. The second kappa shape index (κ2) is 7.43. The molecule has 1 aliphatic heterocycles. The highest BCUT2D eigenvalue weighted by molar-refractivity contribution is 6.31. The first-order valence-electron chi connectivity index (χ1n) is 9.22. The van der Waals surface area contributed by atoms with Gasteiger partial charge in [-0.1, -0.05) is 47.5 Å². The molecule has 3 aromatic rings. The number of aromatic nitrogens is 1. The van der Waals surface area contributed by atoms with Crippen molar-refractivity contribution in [1.82, 2.24) is 4.98 Å². The average molecular weight is 407 g/mol. The zero-order valence-corrected chi connectivity index (χ0v) is 16.6. The Labute approximate surface area is 173 Å². The molecule has 0 saturated heterocycles. The number of ketones is 1. The fourth-order valence-corrected chi connectivity index (χ4v) is 3.75. The van der Waals surface area contributed by atoms with Gasteiger partial charge in [-0.3, -0.25) is 14.6 Å². The summed E-state index contributed by atoms with van der Waals surface area (Å²) in [7, 11) is 0. The molecule has 1 amide bonds. The molecule has 0 unspecified atom stereocenters. The van der Waals surface area contributed by atoms with Crippen molar-refractivity contribution in [3.8, 4) is 0 Å². The van der Waals surface area contributed by atoms with E-state index in [9.17, 15) is 14.7 Å². The van der Waals surface area contributed by atoms with E-state index in [1.807, 2.05) is 31.2 Å². The SMILES string of the molecule is Cc1ccc(CN2C(=O)[C@](O)(CC(=O)c3ccccn3)c3cc(Cl)ccc32)cc1. The first kappa shape index (κ1) is 19.3. The second-order valence-electron chi connectivity index (χ2n) is 7.21. The van der Waals surface area contributed by atoms with E-state index in [0.29, 0.717) is 16.3 Å². The number of anilines is 1. The summed E-state index contributed by atoms with van der Waals surface area (Å²) in [5, 5.41) is 11.7. The molecule has 0 spiro atoms. The number of benzene rings is 2. The smallest absolute Gasteiger partial charge is 0.264 e. The number of hydrogen-bond acceptors (Lipinski definition) is 4. The molecule has 1 atom stereocenters. The van der Waals surface area contributed by atoms with Gasteiger partial charge in [0.1, 0.15) is 5.69 Å². The number of rotatable bonds is 5. The minimum absolute atomic E-state index is 0.203. The van der Waals surface area contributed by atoms with Crippen LogP contribution in [0, 0.1) is 6.92 Å². The van der Waals surface area contributed by atoms with Crippen LogP contribution in [0.1, 0.15) is 33.6 Å². The van der Waals surface area contributed by atoms with Gasteiger partial charge in [0.05, 0.1) is 18.7 Å². The molecule has 0 aliphatic carbocycles. The number of carbonyl (C=O) groups is 2. The number of halogens is 1. The highest BCUT2D eigenvalue weighted by atomic mass is 35.5. The molecule has 146 valence electrons. The number of aliphatic hydroxyl groups is 1. The Hall–Kier alpha value is -3.02. The van der Waals surface area contributed by atoms with Crippen LogP contribution in [0.25, 0.3) is 0 Å². The Morgan fingerprint density at radius 2 is 1.90 bits per heavy atom. The Bertz CT molecular complexity index is 1080. The van der Waals surface area contributed by atoms with Gasteiger partial charge in [-0.25, -0.2) is 0 Å².